The summed E-state index contributed by atoms with van der Waals surface area (Å²) in [7, 11) is 0. The molecule has 4 N–H and O–H groups in total. The van der Waals surface area contributed by atoms with Gasteiger partial charge in [0.25, 0.3) is 0 Å². The predicted molar refractivity (Wildman–Crippen MR) is 28.5 cm³/mol. The van der Waals surface area contributed by atoms with Crippen molar-refractivity contribution in [1.82, 2.24) is 0 Å². The average Bonchev–Trinajstić information content (AvgIpc) is 1.64. The highest BCUT2D eigenvalue weighted by Gasteiger charge is 2.15. The number of carbonyl (C=O) groups excluding carboxylic acids is 1. The van der Waals surface area contributed by atoms with Crippen molar-refractivity contribution >= 4 is 5.91 Å². The van der Waals surface area contributed by atoms with Crippen LogP contribution in [0.1, 0.15) is 0 Å². The zero-order valence-corrected chi connectivity index (χ0v) is 4.40. The van der Waals surface area contributed by atoms with Crippen LogP contribution in [0.2, 0.25) is 0 Å². The molecular formula is C3H5N3O3. The predicted octanol–water partition coefficient (Wildman–Crippen LogP) is -1.45. The second kappa shape index (κ2) is 2.65. The maximum atomic E-state index is 10.0. The van der Waals surface area contributed by atoms with E-state index in [1.807, 2.05) is 0 Å². The molecule has 0 rings (SSSR count). The normalized spacial score (nSPS) is 10.9. The van der Waals surface area contributed by atoms with Crippen molar-refractivity contribution in [3.05, 3.63) is 22.0 Å². The average molecular weight is 131 g/mol. The molecule has 1 amide bonds. The lowest BCUT2D eigenvalue weighted by molar-refractivity contribution is -0.419. The van der Waals surface area contributed by atoms with E-state index in [1.165, 1.54) is 0 Å². The van der Waals surface area contributed by atoms with Gasteiger partial charge in [0.1, 0.15) is 0 Å². The summed E-state index contributed by atoms with van der Waals surface area (Å²) in [5, 5.41) is 9.73. The molecule has 0 radical (unpaired) electrons. The zero-order chi connectivity index (χ0) is 7.44. The summed E-state index contributed by atoms with van der Waals surface area (Å²) in [5.74, 6) is -1.14. The maximum absolute atomic E-state index is 10.0. The number of nitro groups is 1. The van der Waals surface area contributed by atoms with Crippen LogP contribution in [-0.4, -0.2) is 10.8 Å². The van der Waals surface area contributed by atoms with Gasteiger partial charge in [-0.1, -0.05) is 0 Å². The summed E-state index contributed by atoms with van der Waals surface area (Å²) in [6.45, 7) is 0. The summed E-state index contributed by atoms with van der Waals surface area (Å²) < 4.78 is 0. The van der Waals surface area contributed by atoms with Crippen molar-refractivity contribution in [2.75, 3.05) is 0 Å². The third-order valence-corrected chi connectivity index (χ3v) is 0.607. The van der Waals surface area contributed by atoms with Gasteiger partial charge in [-0.05, 0) is 0 Å². The Morgan fingerprint density at radius 2 is 2.11 bits per heavy atom. The van der Waals surface area contributed by atoms with Crippen LogP contribution in [0.3, 0.4) is 0 Å². The van der Waals surface area contributed by atoms with Crippen LogP contribution in [0.4, 0.5) is 0 Å². The van der Waals surface area contributed by atoms with E-state index in [0.717, 1.165) is 0 Å². The first-order valence-electron chi connectivity index (χ1n) is 1.95. The molecule has 0 heterocycles. The van der Waals surface area contributed by atoms with E-state index in [1.54, 1.807) is 0 Å². The van der Waals surface area contributed by atoms with Crippen LogP contribution in [0.15, 0.2) is 11.9 Å². The Morgan fingerprint density at radius 3 is 2.11 bits per heavy atom. The van der Waals surface area contributed by atoms with Crippen molar-refractivity contribution < 1.29 is 9.72 Å². The van der Waals surface area contributed by atoms with Crippen molar-refractivity contribution in [3.63, 3.8) is 0 Å². The molecule has 0 atom stereocenters. The summed E-state index contributed by atoms with van der Waals surface area (Å²) in [6.07, 6.45) is 0.558. The van der Waals surface area contributed by atoms with E-state index < -0.39 is 16.5 Å². The zero-order valence-electron chi connectivity index (χ0n) is 4.40. The van der Waals surface area contributed by atoms with Gasteiger partial charge in [0.05, 0.1) is 11.1 Å². The number of nitrogens with zero attached hydrogens (tertiary/aromatic N) is 1. The second-order valence-corrected chi connectivity index (χ2v) is 1.17. The van der Waals surface area contributed by atoms with Crippen molar-refractivity contribution in [3.8, 4) is 0 Å². The van der Waals surface area contributed by atoms with Gasteiger partial charge < -0.3 is 11.5 Å². The highest BCUT2D eigenvalue weighted by atomic mass is 16.6. The Bertz CT molecular complexity index is 157. The van der Waals surface area contributed by atoms with Gasteiger partial charge >= 0.3 is 11.6 Å². The highest BCUT2D eigenvalue weighted by Crippen LogP contribution is 1.88. The highest BCUT2D eigenvalue weighted by molar-refractivity contribution is 5.89. The fraction of sp³-hybridized carbons (Fsp3) is 0. The number of hydrogen-bond acceptors (Lipinski definition) is 4. The van der Waals surface area contributed by atoms with Crippen molar-refractivity contribution in [2.24, 2.45) is 11.5 Å². The van der Waals surface area contributed by atoms with Gasteiger partial charge in [0.15, 0.2) is 0 Å². The molecule has 9 heavy (non-hydrogen) atoms. The number of rotatable bonds is 2. The standard InChI is InChI=1S/C3H5N3O3/c4-1-2(3(5)7)6(8)9/h1H,4H2,(H2,5,7). The van der Waals surface area contributed by atoms with Crippen LogP contribution in [0.25, 0.3) is 0 Å². The minimum atomic E-state index is -1.14. The molecule has 0 aromatic rings. The molecule has 0 aromatic heterocycles. The van der Waals surface area contributed by atoms with E-state index in [4.69, 9.17) is 0 Å². The molecule has 50 valence electrons. The van der Waals surface area contributed by atoms with E-state index in [9.17, 15) is 14.9 Å². The van der Waals surface area contributed by atoms with E-state index in [0.29, 0.717) is 6.20 Å². The molecule has 6 heteroatoms. The van der Waals surface area contributed by atoms with Gasteiger partial charge in [0.2, 0.25) is 0 Å². The number of carbonyl (C=O) groups is 1. The van der Waals surface area contributed by atoms with E-state index >= 15 is 0 Å². The Kier molecular flexibility index (Phi) is 2.18. The van der Waals surface area contributed by atoms with Crippen LogP contribution in [-0.2, 0) is 4.79 Å². The van der Waals surface area contributed by atoms with Crippen LogP contribution in [0.5, 0.6) is 0 Å². The number of nitrogens with two attached hydrogens (primary N) is 2. The molecule has 0 aromatic carbocycles. The molecule has 0 unspecified atom stereocenters. The van der Waals surface area contributed by atoms with Gasteiger partial charge in [-0.3, -0.25) is 14.9 Å². The Labute approximate surface area is 50.3 Å². The monoisotopic (exact) mass is 131 g/mol. The molecule has 0 saturated heterocycles. The molecule has 0 fully saturated rings. The van der Waals surface area contributed by atoms with E-state index in [-0.39, 0.29) is 0 Å². The van der Waals surface area contributed by atoms with Crippen LogP contribution in [0, 0.1) is 10.1 Å². The lowest BCUT2D eigenvalue weighted by atomic mass is 10.5. The SMILES string of the molecule is NC=C(C(N)=O)[N+](=O)[O-]. The minimum absolute atomic E-state index is 0.558. The molecule has 0 aliphatic heterocycles. The fourth-order valence-corrected chi connectivity index (χ4v) is 0.233. The third kappa shape index (κ3) is 1.76. The Hall–Kier alpha value is -1.59. The first kappa shape index (κ1) is 7.41. The van der Waals surface area contributed by atoms with Gasteiger partial charge in [-0.25, -0.2) is 0 Å². The number of amides is 1. The van der Waals surface area contributed by atoms with Gasteiger partial charge in [0, 0.05) is 0 Å². The number of primary amides is 1. The molecule has 0 saturated carbocycles. The smallest absolute Gasteiger partial charge is 0.348 e. The molecule has 0 bridgehead atoms. The molecule has 0 aliphatic carbocycles. The first-order valence-corrected chi connectivity index (χ1v) is 1.95. The topological polar surface area (TPSA) is 112 Å². The Morgan fingerprint density at radius 1 is 1.67 bits per heavy atom. The molecule has 0 aliphatic rings. The lowest BCUT2D eigenvalue weighted by Crippen LogP contribution is -2.20. The Balaban J connectivity index is 4.38. The quantitative estimate of drug-likeness (QED) is 0.271. The second-order valence-electron chi connectivity index (χ2n) is 1.17. The largest absolute Gasteiger partial charge is 0.399 e. The third-order valence-electron chi connectivity index (χ3n) is 0.607. The number of hydrogen-bond donors (Lipinski definition) is 2. The van der Waals surface area contributed by atoms with Crippen molar-refractivity contribution in [1.29, 1.82) is 0 Å². The van der Waals surface area contributed by atoms with Crippen LogP contribution < -0.4 is 11.5 Å². The summed E-state index contributed by atoms with van der Waals surface area (Å²) in [5.41, 5.74) is 8.39. The van der Waals surface area contributed by atoms with Gasteiger partial charge in [-0.2, -0.15) is 0 Å². The molecule has 0 spiro atoms. The van der Waals surface area contributed by atoms with Crippen molar-refractivity contribution in [2.45, 2.75) is 0 Å². The summed E-state index contributed by atoms with van der Waals surface area (Å²) in [4.78, 5) is 18.8. The summed E-state index contributed by atoms with van der Waals surface area (Å²) in [6, 6.07) is 0. The minimum Gasteiger partial charge on any atom is -0.399 e. The van der Waals surface area contributed by atoms with Gasteiger partial charge in [-0.15, -0.1) is 0 Å². The lowest BCUT2D eigenvalue weighted by Gasteiger charge is -1.87. The first-order chi connectivity index (χ1) is 4.09. The van der Waals surface area contributed by atoms with E-state index in [2.05, 4.69) is 11.5 Å². The fourth-order valence-electron chi connectivity index (χ4n) is 0.233. The summed E-state index contributed by atoms with van der Waals surface area (Å²) >= 11 is 0. The van der Waals surface area contributed by atoms with Crippen LogP contribution >= 0.6 is 0 Å². The molecular weight excluding hydrogens is 126 g/mol. The molecule has 6 nitrogen and oxygen atoms in total. The maximum Gasteiger partial charge on any atom is 0.348 e.